The van der Waals surface area contributed by atoms with Gasteiger partial charge in [0.25, 0.3) is 0 Å². The predicted octanol–water partition coefficient (Wildman–Crippen LogP) is 3.62. The number of halogens is 4. The fraction of sp³-hybridized carbons (Fsp3) is 0.571. The number of hydrogen-bond acceptors (Lipinski definition) is 3. The molecule has 3 atom stereocenters. The second kappa shape index (κ2) is 6.49. The van der Waals surface area contributed by atoms with Gasteiger partial charge in [-0.1, -0.05) is 24.9 Å². The first-order valence-corrected chi connectivity index (χ1v) is 9.09. The summed E-state index contributed by atoms with van der Waals surface area (Å²) in [6, 6.07) is 2.31. The summed E-state index contributed by atoms with van der Waals surface area (Å²) < 4.78 is 66.2. The van der Waals surface area contributed by atoms with Crippen LogP contribution in [0.2, 0.25) is 5.02 Å². The summed E-state index contributed by atoms with van der Waals surface area (Å²) in [6.07, 6.45) is -2.91. The summed E-state index contributed by atoms with van der Waals surface area (Å²) in [6.45, 7) is 1.84. The van der Waals surface area contributed by atoms with Crippen molar-refractivity contribution in [2.45, 2.75) is 43.7 Å². The summed E-state index contributed by atoms with van der Waals surface area (Å²) in [7, 11) is -4.03. The molecule has 1 fully saturated rings. The number of nitrogens with two attached hydrogens (primary N) is 1. The van der Waals surface area contributed by atoms with Crippen molar-refractivity contribution in [3.8, 4) is 0 Å². The van der Waals surface area contributed by atoms with Gasteiger partial charge in [-0.3, -0.25) is 4.72 Å². The Kier molecular flexibility index (Phi) is 5.18. The predicted molar refractivity (Wildman–Crippen MR) is 83.8 cm³/mol. The van der Waals surface area contributed by atoms with Crippen molar-refractivity contribution in [1.29, 1.82) is 0 Å². The van der Waals surface area contributed by atoms with Gasteiger partial charge >= 0.3 is 6.18 Å². The van der Waals surface area contributed by atoms with Crippen LogP contribution in [0, 0.1) is 5.92 Å². The maximum Gasteiger partial charge on any atom is 0.418 e. The lowest BCUT2D eigenvalue weighted by Gasteiger charge is -2.33. The van der Waals surface area contributed by atoms with Gasteiger partial charge in [0.1, 0.15) is 0 Å². The van der Waals surface area contributed by atoms with Crippen LogP contribution in [-0.2, 0) is 16.2 Å². The number of alkyl halides is 3. The molecule has 2 rings (SSSR count). The molecule has 0 aromatic heterocycles. The van der Waals surface area contributed by atoms with Crippen LogP contribution in [0.3, 0.4) is 0 Å². The number of anilines is 1. The quantitative estimate of drug-likeness (QED) is 0.853. The van der Waals surface area contributed by atoms with Gasteiger partial charge in [-0.05, 0) is 37.0 Å². The standard InChI is InChI=1S/C14H18ClF3N2O2S/c1-8-3-2-4-12(13(8)19)23(21,22)20-11-6-5-9(15)7-10(11)14(16,17)18/h5-8,12-13,20H,2-4,19H2,1H3. The lowest BCUT2D eigenvalue weighted by Crippen LogP contribution is -2.49. The largest absolute Gasteiger partial charge is 0.418 e. The van der Waals surface area contributed by atoms with E-state index in [0.29, 0.717) is 18.9 Å². The summed E-state index contributed by atoms with van der Waals surface area (Å²) in [5.74, 6) is -0.00220. The molecule has 1 saturated carbocycles. The fourth-order valence-electron chi connectivity index (χ4n) is 2.82. The van der Waals surface area contributed by atoms with Crippen LogP contribution in [0.4, 0.5) is 18.9 Å². The average Bonchev–Trinajstić information content (AvgIpc) is 2.42. The van der Waals surface area contributed by atoms with Gasteiger partial charge in [-0.15, -0.1) is 0 Å². The van der Waals surface area contributed by atoms with Gasteiger partial charge in [0.15, 0.2) is 0 Å². The minimum absolute atomic E-state index is 0.00220. The van der Waals surface area contributed by atoms with Gasteiger partial charge < -0.3 is 5.73 Å². The molecule has 0 amide bonds. The van der Waals surface area contributed by atoms with E-state index in [0.717, 1.165) is 12.5 Å². The van der Waals surface area contributed by atoms with Crippen LogP contribution in [0.1, 0.15) is 31.7 Å². The molecule has 9 heteroatoms. The summed E-state index contributed by atoms with van der Waals surface area (Å²) in [5, 5.41) is -1.04. The molecule has 1 aromatic rings. The summed E-state index contributed by atoms with van der Waals surface area (Å²) >= 11 is 5.59. The van der Waals surface area contributed by atoms with Gasteiger partial charge in [0.2, 0.25) is 10.0 Å². The van der Waals surface area contributed by atoms with E-state index in [4.69, 9.17) is 17.3 Å². The van der Waals surface area contributed by atoms with Crippen LogP contribution in [0.15, 0.2) is 18.2 Å². The SMILES string of the molecule is CC1CCCC(S(=O)(=O)Nc2ccc(Cl)cc2C(F)(F)F)C1N. The first-order chi connectivity index (χ1) is 10.5. The van der Waals surface area contributed by atoms with Crippen LogP contribution in [-0.4, -0.2) is 19.7 Å². The second-order valence-corrected chi connectivity index (χ2v) is 8.19. The third-order valence-electron chi connectivity index (χ3n) is 4.17. The molecular formula is C14H18ClF3N2O2S. The van der Waals surface area contributed by atoms with Crippen molar-refractivity contribution < 1.29 is 21.6 Å². The lowest BCUT2D eigenvalue weighted by atomic mass is 9.86. The Hall–Kier alpha value is -0.990. The number of sulfonamides is 1. The Labute approximate surface area is 138 Å². The molecule has 0 bridgehead atoms. The molecule has 130 valence electrons. The van der Waals surface area contributed by atoms with E-state index in [1.807, 2.05) is 6.92 Å². The highest BCUT2D eigenvalue weighted by atomic mass is 35.5. The molecule has 1 aliphatic rings. The number of nitrogens with one attached hydrogen (secondary N) is 1. The molecule has 3 N–H and O–H groups in total. The van der Waals surface area contributed by atoms with E-state index in [1.165, 1.54) is 6.07 Å². The monoisotopic (exact) mass is 370 g/mol. The summed E-state index contributed by atoms with van der Waals surface area (Å²) in [4.78, 5) is 0. The van der Waals surface area contributed by atoms with Gasteiger partial charge in [0, 0.05) is 11.1 Å². The molecule has 0 spiro atoms. The Balaban J connectivity index is 2.34. The van der Waals surface area contributed by atoms with Crippen molar-refractivity contribution in [2.24, 2.45) is 11.7 Å². The lowest BCUT2D eigenvalue weighted by molar-refractivity contribution is -0.136. The van der Waals surface area contributed by atoms with Crippen LogP contribution >= 0.6 is 11.6 Å². The minimum atomic E-state index is -4.72. The second-order valence-electron chi connectivity index (χ2n) is 5.86. The number of rotatable bonds is 3. The van der Waals surface area contributed by atoms with Crippen molar-refractivity contribution in [3.05, 3.63) is 28.8 Å². The smallest absolute Gasteiger partial charge is 0.326 e. The molecule has 0 heterocycles. The Morgan fingerprint density at radius 1 is 1.30 bits per heavy atom. The van der Waals surface area contributed by atoms with Crippen molar-refractivity contribution in [3.63, 3.8) is 0 Å². The van der Waals surface area contributed by atoms with E-state index >= 15 is 0 Å². The Bertz CT molecular complexity index is 679. The van der Waals surface area contributed by atoms with E-state index in [1.54, 1.807) is 0 Å². The fourth-order valence-corrected chi connectivity index (χ4v) is 4.79. The molecule has 3 unspecified atom stereocenters. The zero-order valence-electron chi connectivity index (χ0n) is 12.4. The van der Waals surface area contributed by atoms with Crippen LogP contribution in [0.5, 0.6) is 0 Å². The molecule has 0 aliphatic heterocycles. The van der Waals surface area contributed by atoms with Gasteiger partial charge in [0.05, 0.1) is 16.5 Å². The van der Waals surface area contributed by atoms with E-state index in [2.05, 4.69) is 4.72 Å². The van der Waals surface area contributed by atoms with Crippen molar-refractivity contribution in [1.82, 2.24) is 0 Å². The zero-order chi connectivity index (χ0) is 17.4. The Morgan fingerprint density at radius 3 is 2.57 bits per heavy atom. The topological polar surface area (TPSA) is 72.2 Å². The molecule has 0 radical (unpaired) electrons. The first-order valence-electron chi connectivity index (χ1n) is 7.16. The average molecular weight is 371 g/mol. The van der Waals surface area contributed by atoms with Gasteiger partial charge in [-0.25, -0.2) is 8.42 Å². The van der Waals surface area contributed by atoms with E-state index < -0.39 is 38.7 Å². The highest BCUT2D eigenvalue weighted by Crippen LogP contribution is 2.38. The third kappa shape index (κ3) is 4.10. The Morgan fingerprint density at radius 2 is 1.96 bits per heavy atom. The molecule has 23 heavy (non-hydrogen) atoms. The number of hydrogen-bond donors (Lipinski definition) is 2. The first kappa shape index (κ1) is 18.4. The van der Waals surface area contributed by atoms with Gasteiger partial charge in [-0.2, -0.15) is 13.2 Å². The zero-order valence-corrected chi connectivity index (χ0v) is 14.0. The van der Waals surface area contributed by atoms with Crippen molar-refractivity contribution >= 4 is 27.3 Å². The maximum atomic E-state index is 13.1. The third-order valence-corrected chi connectivity index (χ3v) is 6.26. The molecule has 1 aliphatic carbocycles. The van der Waals surface area contributed by atoms with Crippen molar-refractivity contribution in [2.75, 3.05) is 4.72 Å². The van der Waals surface area contributed by atoms with E-state index in [9.17, 15) is 21.6 Å². The maximum absolute atomic E-state index is 13.1. The minimum Gasteiger partial charge on any atom is -0.326 e. The normalized spacial score (nSPS) is 26.1. The van der Waals surface area contributed by atoms with Crippen LogP contribution in [0.25, 0.3) is 0 Å². The highest BCUT2D eigenvalue weighted by Gasteiger charge is 2.39. The molecular weight excluding hydrogens is 353 g/mol. The van der Waals surface area contributed by atoms with Crippen LogP contribution < -0.4 is 10.5 Å². The molecule has 1 aromatic carbocycles. The number of benzene rings is 1. The molecule has 4 nitrogen and oxygen atoms in total. The molecule has 0 saturated heterocycles. The summed E-state index contributed by atoms with van der Waals surface area (Å²) in [5.41, 5.74) is 4.29. The highest BCUT2D eigenvalue weighted by molar-refractivity contribution is 7.93. The van der Waals surface area contributed by atoms with E-state index in [-0.39, 0.29) is 10.9 Å².